The summed E-state index contributed by atoms with van der Waals surface area (Å²) in [6, 6.07) is 8.66. The zero-order valence-electron chi connectivity index (χ0n) is 13.9. The Hall–Kier alpha value is -2.76. The second kappa shape index (κ2) is 5.65. The number of anilines is 1. The van der Waals surface area contributed by atoms with Crippen LogP contribution in [0, 0.1) is 25.6 Å². The quantitative estimate of drug-likeness (QED) is 0.781. The maximum Gasteiger partial charge on any atom is 0.231 e. The van der Waals surface area contributed by atoms with Gasteiger partial charge in [-0.25, -0.2) is 13.8 Å². The van der Waals surface area contributed by atoms with Crippen molar-refractivity contribution in [2.24, 2.45) is 5.92 Å². The molecule has 0 aliphatic heterocycles. The third-order valence-electron chi connectivity index (χ3n) is 4.73. The molecule has 0 radical (unpaired) electrons. The predicted molar refractivity (Wildman–Crippen MR) is 91.7 cm³/mol. The lowest BCUT2D eigenvalue weighted by molar-refractivity contribution is -0.117. The van der Waals surface area contributed by atoms with Gasteiger partial charge in [-0.15, -0.1) is 0 Å². The summed E-state index contributed by atoms with van der Waals surface area (Å²) >= 11 is 0. The minimum atomic E-state index is -1.04. The van der Waals surface area contributed by atoms with Crippen LogP contribution in [0.2, 0.25) is 0 Å². The molecule has 2 aromatic heterocycles. The number of imidazole rings is 1. The van der Waals surface area contributed by atoms with Gasteiger partial charge < -0.3 is 9.72 Å². The van der Waals surface area contributed by atoms with Gasteiger partial charge in [-0.1, -0.05) is 12.1 Å². The number of aromatic nitrogens is 2. The van der Waals surface area contributed by atoms with E-state index < -0.39 is 12.1 Å². The molecule has 1 aliphatic rings. The molecule has 1 fully saturated rings. The van der Waals surface area contributed by atoms with E-state index in [9.17, 15) is 13.6 Å². The molecule has 1 aliphatic carbocycles. The van der Waals surface area contributed by atoms with E-state index in [1.807, 2.05) is 35.7 Å². The Bertz CT molecular complexity index is 996. The number of aryl methyl sites for hydroxylation is 1. The van der Waals surface area contributed by atoms with Crippen molar-refractivity contribution >= 4 is 17.4 Å². The van der Waals surface area contributed by atoms with Gasteiger partial charge in [0.25, 0.3) is 0 Å². The van der Waals surface area contributed by atoms with Crippen LogP contribution in [-0.2, 0) is 4.79 Å². The number of alkyl halides is 1. The zero-order valence-corrected chi connectivity index (χ0v) is 13.9. The molecule has 0 bridgehead atoms. The number of amides is 1. The van der Waals surface area contributed by atoms with Gasteiger partial charge >= 0.3 is 0 Å². The predicted octanol–water partition coefficient (Wildman–Crippen LogP) is 4.05. The van der Waals surface area contributed by atoms with Crippen LogP contribution >= 0.6 is 0 Å². The molecule has 2 heterocycles. The molecule has 128 valence electrons. The van der Waals surface area contributed by atoms with E-state index >= 15 is 0 Å². The van der Waals surface area contributed by atoms with Crippen LogP contribution in [0.5, 0.6) is 0 Å². The number of nitrogens with one attached hydrogen (secondary N) is 1. The summed E-state index contributed by atoms with van der Waals surface area (Å²) in [5.41, 5.74) is 3.65. The van der Waals surface area contributed by atoms with Crippen molar-refractivity contribution in [1.29, 1.82) is 0 Å². The summed E-state index contributed by atoms with van der Waals surface area (Å²) < 4.78 is 28.7. The molecule has 25 heavy (non-hydrogen) atoms. The number of carbonyl (C=O) groups is 1. The second-order valence-electron chi connectivity index (χ2n) is 6.45. The Morgan fingerprint density at radius 2 is 2.04 bits per heavy atom. The molecule has 0 spiro atoms. The molecule has 0 saturated heterocycles. The lowest BCUT2D eigenvalue weighted by Gasteiger charge is -2.08. The number of carbonyl (C=O) groups excluding carboxylic acids is 1. The van der Waals surface area contributed by atoms with Crippen molar-refractivity contribution in [2.45, 2.75) is 26.4 Å². The Labute approximate surface area is 143 Å². The Morgan fingerprint density at radius 3 is 2.76 bits per heavy atom. The molecular weight excluding hydrogens is 324 g/mol. The van der Waals surface area contributed by atoms with Crippen molar-refractivity contribution in [3.05, 3.63) is 53.6 Å². The van der Waals surface area contributed by atoms with Crippen LogP contribution in [0.15, 0.2) is 36.5 Å². The minimum absolute atomic E-state index is 0.252. The molecule has 6 heteroatoms. The lowest BCUT2D eigenvalue weighted by atomic mass is 10.0. The summed E-state index contributed by atoms with van der Waals surface area (Å²) in [7, 11) is 0. The molecule has 4 nitrogen and oxygen atoms in total. The first kappa shape index (κ1) is 15.7. The molecule has 1 saturated carbocycles. The first-order valence-electron chi connectivity index (χ1n) is 8.15. The number of rotatable bonds is 3. The zero-order chi connectivity index (χ0) is 17.7. The molecule has 1 N–H and O–H groups in total. The fraction of sp³-hybridized carbons (Fsp3) is 0.263. The highest BCUT2D eigenvalue weighted by molar-refractivity contribution is 5.94. The van der Waals surface area contributed by atoms with Gasteiger partial charge in [0.15, 0.2) is 5.82 Å². The number of benzene rings is 1. The fourth-order valence-electron chi connectivity index (χ4n) is 3.00. The van der Waals surface area contributed by atoms with Crippen LogP contribution < -0.4 is 5.32 Å². The van der Waals surface area contributed by atoms with E-state index in [4.69, 9.17) is 0 Å². The van der Waals surface area contributed by atoms with E-state index in [0.29, 0.717) is 17.0 Å². The highest BCUT2D eigenvalue weighted by atomic mass is 19.1. The summed E-state index contributed by atoms with van der Waals surface area (Å²) in [5.74, 6) is -0.717. The van der Waals surface area contributed by atoms with Gasteiger partial charge in [0.05, 0.1) is 11.6 Å². The van der Waals surface area contributed by atoms with Crippen LogP contribution in [0.25, 0.3) is 16.8 Å². The SMILES string of the molecule is Cc1c(F)cccc1-c1ccc2nc(NC(=O)C3CC3F)c(C)n2c1. The van der Waals surface area contributed by atoms with Gasteiger partial charge in [0, 0.05) is 6.20 Å². The van der Waals surface area contributed by atoms with E-state index in [-0.39, 0.29) is 18.1 Å². The van der Waals surface area contributed by atoms with Gasteiger partial charge in [0.2, 0.25) is 5.91 Å². The normalized spacial score (nSPS) is 19.2. The minimum Gasteiger partial charge on any atom is -0.309 e. The van der Waals surface area contributed by atoms with Gasteiger partial charge in [-0.2, -0.15) is 0 Å². The molecule has 2 unspecified atom stereocenters. The summed E-state index contributed by atoms with van der Waals surface area (Å²) in [6.45, 7) is 3.57. The Morgan fingerprint density at radius 1 is 1.28 bits per heavy atom. The smallest absolute Gasteiger partial charge is 0.231 e. The standard InChI is InChI=1S/C19H17F2N3O/c1-10-13(4-3-5-15(10)20)12-6-7-17-22-18(11(2)24(17)9-12)23-19(25)14-8-16(14)21/h3-7,9,14,16H,8H2,1-2H3,(H,23,25). The topological polar surface area (TPSA) is 46.4 Å². The molecule has 3 aromatic rings. The molecule has 1 amide bonds. The van der Waals surface area contributed by atoms with E-state index in [0.717, 1.165) is 16.8 Å². The number of hydrogen-bond donors (Lipinski definition) is 1. The van der Waals surface area contributed by atoms with E-state index in [1.54, 1.807) is 13.0 Å². The summed E-state index contributed by atoms with van der Waals surface area (Å²) in [4.78, 5) is 16.3. The molecule has 1 aromatic carbocycles. The van der Waals surface area contributed by atoms with Crippen LogP contribution in [-0.4, -0.2) is 21.5 Å². The highest BCUT2D eigenvalue weighted by Crippen LogP contribution is 2.35. The summed E-state index contributed by atoms with van der Waals surface area (Å²) in [5, 5.41) is 2.70. The third kappa shape index (κ3) is 2.67. The maximum absolute atomic E-state index is 13.8. The number of pyridine rings is 1. The van der Waals surface area contributed by atoms with Gasteiger partial charge in [-0.3, -0.25) is 4.79 Å². The number of halogens is 2. The number of hydrogen-bond acceptors (Lipinski definition) is 2. The summed E-state index contributed by atoms with van der Waals surface area (Å²) in [6.07, 6.45) is 1.10. The van der Waals surface area contributed by atoms with Crippen molar-refractivity contribution in [2.75, 3.05) is 5.32 Å². The van der Waals surface area contributed by atoms with Crippen molar-refractivity contribution in [3.8, 4) is 11.1 Å². The van der Waals surface area contributed by atoms with E-state index in [1.165, 1.54) is 6.07 Å². The third-order valence-corrected chi connectivity index (χ3v) is 4.73. The molecule has 4 rings (SSSR count). The average molecular weight is 341 g/mol. The van der Waals surface area contributed by atoms with Crippen LogP contribution in [0.1, 0.15) is 17.7 Å². The lowest BCUT2D eigenvalue weighted by Crippen LogP contribution is -2.16. The largest absolute Gasteiger partial charge is 0.309 e. The van der Waals surface area contributed by atoms with Gasteiger partial charge in [0.1, 0.15) is 17.6 Å². The average Bonchev–Trinajstić information content (AvgIpc) is 3.25. The van der Waals surface area contributed by atoms with Crippen molar-refractivity contribution in [3.63, 3.8) is 0 Å². The van der Waals surface area contributed by atoms with Crippen LogP contribution in [0.4, 0.5) is 14.6 Å². The Balaban J connectivity index is 1.72. The first-order chi connectivity index (χ1) is 12.0. The van der Waals surface area contributed by atoms with E-state index in [2.05, 4.69) is 10.3 Å². The highest BCUT2D eigenvalue weighted by Gasteiger charge is 2.44. The van der Waals surface area contributed by atoms with Crippen molar-refractivity contribution in [1.82, 2.24) is 9.38 Å². The number of nitrogens with zero attached hydrogens (tertiary/aromatic N) is 2. The number of fused-ring (bicyclic) bond motifs is 1. The second-order valence-corrected chi connectivity index (χ2v) is 6.45. The molecule has 2 atom stereocenters. The monoisotopic (exact) mass is 341 g/mol. The van der Waals surface area contributed by atoms with Gasteiger partial charge in [-0.05, 0) is 55.2 Å². The molecular formula is C19H17F2N3O. The van der Waals surface area contributed by atoms with Crippen LogP contribution in [0.3, 0.4) is 0 Å². The van der Waals surface area contributed by atoms with Crippen molar-refractivity contribution < 1.29 is 13.6 Å². The Kier molecular flexibility index (Phi) is 3.56. The first-order valence-corrected chi connectivity index (χ1v) is 8.15. The maximum atomic E-state index is 13.8. The fourth-order valence-corrected chi connectivity index (χ4v) is 3.00.